The average Bonchev–Trinajstić information content (AvgIpc) is 3.21. The first-order chi connectivity index (χ1) is 19.8. The molecule has 41 heavy (non-hydrogen) atoms. The van der Waals surface area contributed by atoms with Gasteiger partial charge in [-0.3, -0.25) is 19.3 Å². The van der Waals surface area contributed by atoms with Crippen LogP contribution < -0.4 is 14.8 Å². The molecule has 3 amide bonds. The number of thioether (sulfide) groups is 1. The molecule has 0 bridgehead atoms. The van der Waals surface area contributed by atoms with Crippen LogP contribution in [-0.2, 0) is 16.2 Å². The second-order valence-corrected chi connectivity index (χ2v) is 11.2. The summed E-state index contributed by atoms with van der Waals surface area (Å²) in [6, 6.07) is 23.1. The van der Waals surface area contributed by atoms with E-state index >= 15 is 0 Å². The van der Waals surface area contributed by atoms with Crippen LogP contribution in [0.15, 0.2) is 83.8 Å². The van der Waals surface area contributed by atoms with Gasteiger partial charge in [0.25, 0.3) is 11.1 Å². The Labute approximate surface area is 253 Å². The van der Waals surface area contributed by atoms with Crippen molar-refractivity contribution in [3.8, 4) is 11.5 Å². The number of benzene rings is 4. The van der Waals surface area contributed by atoms with Gasteiger partial charge in [0.2, 0.25) is 5.91 Å². The molecular formula is C31H24FIN2O5S. The first kappa shape index (κ1) is 28.6. The molecule has 10 heteroatoms. The van der Waals surface area contributed by atoms with Gasteiger partial charge in [-0.1, -0.05) is 36.4 Å². The molecule has 1 heterocycles. The smallest absolute Gasteiger partial charge is 0.294 e. The Hall–Kier alpha value is -3.90. The Bertz CT molecular complexity index is 1680. The molecule has 5 rings (SSSR count). The molecular weight excluding hydrogens is 658 g/mol. The second kappa shape index (κ2) is 12.7. The number of hydrogen-bond donors (Lipinski definition) is 1. The highest BCUT2D eigenvalue weighted by Gasteiger charge is 2.36. The van der Waals surface area contributed by atoms with E-state index in [2.05, 4.69) is 52.2 Å². The van der Waals surface area contributed by atoms with E-state index in [4.69, 9.17) is 9.47 Å². The lowest BCUT2D eigenvalue weighted by molar-refractivity contribution is -0.127. The predicted molar refractivity (Wildman–Crippen MR) is 166 cm³/mol. The lowest BCUT2D eigenvalue weighted by Gasteiger charge is -2.15. The van der Waals surface area contributed by atoms with E-state index in [1.807, 2.05) is 31.2 Å². The minimum atomic E-state index is -0.571. The number of anilines is 1. The third-order valence-corrected chi connectivity index (χ3v) is 7.84. The number of ether oxygens (including phenoxy) is 2. The minimum absolute atomic E-state index is 0.188. The van der Waals surface area contributed by atoms with Crippen LogP contribution in [0.2, 0.25) is 0 Å². The molecule has 1 saturated heterocycles. The SMILES string of the molecule is CCOc1cc(/C=C2\SC(=O)N(CC(=O)Nc3ccc(F)cc3)C2=O)cc(I)c1OCc1ccc2ccccc2c1. The van der Waals surface area contributed by atoms with Gasteiger partial charge < -0.3 is 14.8 Å². The number of nitrogens with one attached hydrogen (secondary N) is 1. The van der Waals surface area contributed by atoms with Crippen molar-refractivity contribution >= 4 is 73.9 Å². The number of carbonyl (C=O) groups excluding carboxylic acids is 3. The first-order valence-electron chi connectivity index (χ1n) is 12.7. The van der Waals surface area contributed by atoms with Crippen molar-refractivity contribution in [1.29, 1.82) is 0 Å². The highest BCUT2D eigenvalue weighted by Crippen LogP contribution is 2.38. The van der Waals surface area contributed by atoms with Crippen LogP contribution in [0.3, 0.4) is 0 Å². The third kappa shape index (κ3) is 6.88. The van der Waals surface area contributed by atoms with Crippen molar-refractivity contribution in [3.05, 3.63) is 104 Å². The second-order valence-electron chi connectivity index (χ2n) is 9.06. The van der Waals surface area contributed by atoms with Gasteiger partial charge in [-0.05, 0) is 112 Å². The number of halogens is 2. The Morgan fingerprint density at radius 3 is 2.51 bits per heavy atom. The zero-order valence-electron chi connectivity index (χ0n) is 21.9. The number of hydrogen-bond acceptors (Lipinski definition) is 6. The summed E-state index contributed by atoms with van der Waals surface area (Å²) in [5.41, 5.74) is 2.03. The van der Waals surface area contributed by atoms with Gasteiger partial charge in [-0.15, -0.1) is 0 Å². The fourth-order valence-corrected chi connectivity index (χ4v) is 5.84. The van der Waals surface area contributed by atoms with Crippen LogP contribution in [-0.4, -0.2) is 35.1 Å². The van der Waals surface area contributed by atoms with Crippen molar-refractivity contribution in [3.63, 3.8) is 0 Å². The van der Waals surface area contributed by atoms with E-state index in [9.17, 15) is 18.8 Å². The van der Waals surface area contributed by atoms with Crippen molar-refractivity contribution in [2.45, 2.75) is 13.5 Å². The number of amides is 3. The quantitative estimate of drug-likeness (QED) is 0.148. The van der Waals surface area contributed by atoms with Gasteiger partial charge in [-0.2, -0.15) is 0 Å². The fraction of sp³-hybridized carbons (Fsp3) is 0.129. The van der Waals surface area contributed by atoms with Crippen LogP contribution in [0.5, 0.6) is 11.5 Å². The van der Waals surface area contributed by atoms with E-state index in [0.717, 1.165) is 36.6 Å². The summed E-state index contributed by atoms with van der Waals surface area (Å²) in [7, 11) is 0. The molecule has 1 fully saturated rings. The van der Waals surface area contributed by atoms with Gasteiger partial charge in [0.05, 0.1) is 15.1 Å². The van der Waals surface area contributed by atoms with Gasteiger partial charge in [0.15, 0.2) is 11.5 Å². The third-order valence-electron chi connectivity index (χ3n) is 6.13. The number of nitrogens with zero attached hydrogens (tertiary/aromatic N) is 1. The molecule has 1 aliphatic rings. The fourth-order valence-electron chi connectivity index (χ4n) is 4.22. The van der Waals surface area contributed by atoms with E-state index in [1.54, 1.807) is 12.1 Å². The maximum atomic E-state index is 13.1. The molecule has 0 aliphatic carbocycles. The normalized spacial score (nSPS) is 14.1. The predicted octanol–water partition coefficient (Wildman–Crippen LogP) is 7.24. The molecule has 4 aromatic carbocycles. The van der Waals surface area contributed by atoms with E-state index in [-0.39, 0.29) is 4.91 Å². The molecule has 0 spiro atoms. The number of carbonyl (C=O) groups is 3. The van der Waals surface area contributed by atoms with Crippen molar-refractivity contribution in [2.75, 3.05) is 18.5 Å². The summed E-state index contributed by atoms with van der Waals surface area (Å²) < 4.78 is 25.9. The summed E-state index contributed by atoms with van der Waals surface area (Å²) in [6.45, 7) is 2.17. The van der Waals surface area contributed by atoms with Gasteiger partial charge in [0, 0.05) is 5.69 Å². The summed E-state index contributed by atoms with van der Waals surface area (Å²) in [5.74, 6) is -0.474. The van der Waals surface area contributed by atoms with E-state index in [0.29, 0.717) is 36.0 Å². The lowest BCUT2D eigenvalue weighted by atomic mass is 10.1. The number of rotatable bonds is 9. The van der Waals surface area contributed by atoms with Crippen LogP contribution in [0.1, 0.15) is 18.1 Å². The largest absolute Gasteiger partial charge is 0.490 e. The maximum absolute atomic E-state index is 13.1. The molecule has 1 aliphatic heterocycles. The Kier molecular flexibility index (Phi) is 8.89. The van der Waals surface area contributed by atoms with Crippen molar-refractivity contribution in [2.24, 2.45) is 0 Å². The molecule has 0 unspecified atom stereocenters. The monoisotopic (exact) mass is 682 g/mol. The summed E-state index contributed by atoms with van der Waals surface area (Å²) in [6.07, 6.45) is 1.60. The molecule has 1 N–H and O–H groups in total. The highest BCUT2D eigenvalue weighted by molar-refractivity contribution is 14.1. The van der Waals surface area contributed by atoms with Crippen LogP contribution in [0, 0.1) is 9.39 Å². The van der Waals surface area contributed by atoms with Crippen molar-refractivity contribution in [1.82, 2.24) is 4.90 Å². The Morgan fingerprint density at radius 2 is 1.76 bits per heavy atom. The summed E-state index contributed by atoms with van der Waals surface area (Å²) >= 11 is 2.92. The van der Waals surface area contributed by atoms with Crippen LogP contribution >= 0.6 is 34.4 Å². The Morgan fingerprint density at radius 1 is 1.00 bits per heavy atom. The maximum Gasteiger partial charge on any atom is 0.294 e. The van der Waals surface area contributed by atoms with Crippen molar-refractivity contribution < 1.29 is 28.2 Å². The standard InChI is InChI=1S/C31H24FIN2O5S/c1-2-39-26-15-20(14-25(33)29(26)40-18-19-7-8-21-5-3-4-6-22(21)13-19)16-27-30(37)35(31(38)41-27)17-28(36)34-24-11-9-23(32)10-12-24/h3-16H,2,17-18H2,1H3,(H,34,36)/b27-16-. The molecule has 0 radical (unpaired) electrons. The van der Waals surface area contributed by atoms with E-state index in [1.165, 1.54) is 24.3 Å². The topological polar surface area (TPSA) is 84.9 Å². The number of fused-ring (bicyclic) bond motifs is 1. The molecule has 7 nitrogen and oxygen atoms in total. The van der Waals surface area contributed by atoms with Crippen LogP contribution in [0.4, 0.5) is 14.9 Å². The summed E-state index contributed by atoms with van der Waals surface area (Å²) in [4.78, 5) is 39.1. The molecule has 0 saturated carbocycles. The highest BCUT2D eigenvalue weighted by atomic mass is 127. The average molecular weight is 683 g/mol. The Balaban J connectivity index is 1.30. The zero-order valence-corrected chi connectivity index (χ0v) is 24.8. The molecule has 0 aromatic heterocycles. The summed E-state index contributed by atoms with van der Waals surface area (Å²) in [5, 5.41) is 4.29. The molecule has 208 valence electrons. The van der Waals surface area contributed by atoms with Gasteiger partial charge in [0.1, 0.15) is 19.0 Å². The molecule has 4 aromatic rings. The van der Waals surface area contributed by atoms with Gasteiger partial charge in [-0.25, -0.2) is 4.39 Å². The minimum Gasteiger partial charge on any atom is -0.490 e. The lowest BCUT2D eigenvalue weighted by Crippen LogP contribution is -2.36. The zero-order chi connectivity index (χ0) is 28.9. The van der Waals surface area contributed by atoms with Gasteiger partial charge >= 0.3 is 0 Å². The molecule has 0 atom stereocenters. The van der Waals surface area contributed by atoms with E-state index < -0.39 is 29.4 Å². The van der Waals surface area contributed by atoms with Crippen LogP contribution in [0.25, 0.3) is 16.8 Å². The number of imide groups is 1. The first-order valence-corrected chi connectivity index (χ1v) is 14.6.